The minimum atomic E-state index is -0.547. The summed E-state index contributed by atoms with van der Waals surface area (Å²) in [5, 5.41) is 6.50. The molecule has 2 saturated heterocycles. The largest absolute Gasteiger partial charge is 0.467 e. The minimum Gasteiger partial charge on any atom is -0.467 e. The van der Waals surface area contributed by atoms with Crippen LogP contribution in [-0.4, -0.2) is 73.7 Å². The Kier molecular flexibility index (Phi) is 8.52. The molecule has 7 heteroatoms. The van der Waals surface area contributed by atoms with Gasteiger partial charge in [-0.05, 0) is 56.7 Å². The number of methoxy groups -OCH3 is 1. The van der Waals surface area contributed by atoms with E-state index < -0.39 is 6.04 Å². The highest BCUT2D eigenvalue weighted by atomic mass is 32.2. The fraction of sp³-hybridized carbons (Fsp3) is 0.889. The number of rotatable bonds is 9. The zero-order valence-corrected chi connectivity index (χ0v) is 16.6. The average Bonchev–Trinajstić information content (AvgIpc) is 3.27. The van der Waals surface area contributed by atoms with Crippen LogP contribution in [0.2, 0.25) is 0 Å². The fourth-order valence-electron chi connectivity index (χ4n) is 4.02. The van der Waals surface area contributed by atoms with Crippen molar-refractivity contribution in [2.45, 2.75) is 57.2 Å². The first-order valence-corrected chi connectivity index (χ1v) is 10.8. The molecule has 2 N–H and O–H groups in total. The summed E-state index contributed by atoms with van der Waals surface area (Å²) in [6.07, 6.45) is 7.03. The minimum absolute atomic E-state index is 0.0150. The van der Waals surface area contributed by atoms with Gasteiger partial charge in [0.25, 0.3) is 0 Å². The van der Waals surface area contributed by atoms with E-state index in [1.54, 1.807) is 11.8 Å². The summed E-state index contributed by atoms with van der Waals surface area (Å²) in [5.74, 6) is 0.814. The number of ether oxygens (including phenoxy) is 1. The van der Waals surface area contributed by atoms with Crippen molar-refractivity contribution in [1.82, 2.24) is 15.5 Å². The molecule has 0 radical (unpaired) electrons. The van der Waals surface area contributed by atoms with E-state index in [0.29, 0.717) is 18.4 Å². The number of thioether (sulfide) groups is 1. The van der Waals surface area contributed by atoms with Crippen LogP contribution in [0.5, 0.6) is 0 Å². The zero-order valence-electron chi connectivity index (χ0n) is 15.8. The maximum Gasteiger partial charge on any atom is 0.328 e. The maximum atomic E-state index is 13.0. The number of nitrogens with one attached hydrogen (secondary N) is 2. The first-order valence-electron chi connectivity index (χ1n) is 9.45. The highest BCUT2D eigenvalue weighted by Gasteiger charge is 2.40. The molecule has 1 amide bonds. The van der Waals surface area contributed by atoms with E-state index in [-0.39, 0.29) is 17.9 Å². The van der Waals surface area contributed by atoms with Crippen molar-refractivity contribution in [1.29, 1.82) is 0 Å². The monoisotopic (exact) mass is 371 g/mol. The molecule has 4 atom stereocenters. The molecule has 25 heavy (non-hydrogen) atoms. The van der Waals surface area contributed by atoms with Gasteiger partial charge in [0.1, 0.15) is 6.04 Å². The van der Waals surface area contributed by atoms with Crippen LogP contribution in [0.25, 0.3) is 0 Å². The summed E-state index contributed by atoms with van der Waals surface area (Å²) >= 11 is 1.67. The molecule has 2 rings (SSSR count). The number of hydrogen-bond donors (Lipinski definition) is 2. The van der Waals surface area contributed by atoms with Gasteiger partial charge in [-0.3, -0.25) is 9.69 Å². The Morgan fingerprint density at radius 1 is 1.40 bits per heavy atom. The van der Waals surface area contributed by atoms with Gasteiger partial charge in [0.15, 0.2) is 0 Å². The highest BCUT2D eigenvalue weighted by molar-refractivity contribution is 7.98. The molecule has 0 spiro atoms. The molecular formula is C18H33N3O3S. The van der Waals surface area contributed by atoms with Crippen molar-refractivity contribution in [3.63, 3.8) is 0 Å². The van der Waals surface area contributed by atoms with Crippen LogP contribution in [0.15, 0.2) is 0 Å². The molecule has 2 fully saturated rings. The summed E-state index contributed by atoms with van der Waals surface area (Å²) in [6, 6.07) is -0.192. The molecule has 2 aliphatic heterocycles. The Balaban J connectivity index is 2.01. The molecular weight excluding hydrogens is 338 g/mol. The molecule has 144 valence electrons. The lowest BCUT2D eigenvalue weighted by Gasteiger charge is -2.30. The van der Waals surface area contributed by atoms with Gasteiger partial charge >= 0.3 is 5.97 Å². The number of nitrogens with zero attached hydrogens (tertiary/aromatic N) is 1. The summed E-state index contributed by atoms with van der Waals surface area (Å²) < 4.78 is 4.87. The summed E-state index contributed by atoms with van der Waals surface area (Å²) in [5.41, 5.74) is 0. The number of carbonyl (C=O) groups is 2. The lowest BCUT2D eigenvalue weighted by atomic mass is 9.96. The van der Waals surface area contributed by atoms with Crippen LogP contribution in [0.1, 0.15) is 39.0 Å². The van der Waals surface area contributed by atoms with Gasteiger partial charge < -0.3 is 15.4 Å². The van der Waals surface area contributed by atoms with Gasteiger partial charge in [0.05, 0.1) is 13.2 Å². The fourth-order valence-corrected chi connectivity index (χ4v) is 4.49. The summed E-state index contributed by atoms with van der Waals surface area (Å²) in [4.78, 5) is 27.3. The molecule has 2 aliphatic rings. The van der Waals surface area contributed by atoms with Gasteiger partial charge in [0.2, 0.25) is 5.91 Å². The smallest absolute Gasteiger partial charge is 0.328 e. The van der Waals surface area contributed by atoms with E-state index >= 15 is 0 Å². The Morgan fingerprint density at radius 2 is 2.20 bits per heavy atom. The number of likely N-dealkylation sites (tertiary alicyclic amines) is 1. The molecule has 0 bridgehead atoms. The Morgan fingerprint density at radius 3 is 2.80 bits per heavy atom. The first kappa shape index (κ1) is 20.5. The third-order valence-electron chi connectivity index (χ3n) is 5.45. The second-order valence-electron chi connectivity index (χ2n) is 7.06. The van der Waals surface area contributed by atoms with Gasteiger partial charge in [0, 0.05) is 12.6 Å². The van der Waals surface area contributed by atoms with Crippen LogP contribution in [0.3, 0.4) is 0 Å². The summed E-state index contributed by atoms with van der Waals surface area (Å²) in [7, 11) is 1.38. The Hall–Kier alpha value is -0.790. The average molecular weight is 372 g/mol. The number of esters is 1. The Labute approximate surface area is 155 Å². The third-order valence-corrected chi connectivity index (χ3v) is 6.09. The van der Waals surface area contributed by atoms with Crippen LogP contribution in [-0.2, 0) is 14.3 Å². The highest BCUT2D eigenvalue weighted by Crippen LogP contribution is 2.28. The lowest BCUT2D eigenvalue weighted by Crippen LogP contribution is -2.53. The van der Waals surface area contributed by atoms with E-state index in [1.165, 1.54) is 20.0 Å². The van der Waals surface area contributed by atoms with Gasteiger partial charge in [-0.2, -0.15) is 11.8 Å². The molecule has 0 aromatic carbocycles. The second-order valence-corrected chi connectivity index (χ2v) is 8.04. The third kappa shape index (κ3) is 5.59. The van der Waals surface area contributed by atoms with E-state index in [4.69, 9.17) is 4.74 Å². The van der Waals surface area contributed by atoms with E-state index in [0.717, 1.165) is 38.2 Å². The Bertz CT molecular complexity index is 443. The SMILES string of the molecule is CC[C@H]1CCN(C[C@@H]2CCCN2)[C@@H]1C(=O)N[C@@H](CCSC)C(=O)OC. The van der Waals surface area contributed by atoms with Crippen LogP contribution in [0, 0.1) is 5.92 Å². The number of amides is 1. The van der Waals surface area contributed by atoms with E-state index in [2.05, 4.69) is 22.5 Å². The van der Waals surface area contributed by atoms with Gasteiger partial charge in [-0.25, -0.2) is 4.79 Å². The van der Waals surface area contributed by atoms with Gasteiger partial charge in [-0.15, -0.1) is 0 Å². The molecule has 0 aliphatic carbocycles. The van der Waals surface area contributed by atoms with Crippen molar-refractivity contribution in [2.24, 2.45) is 5.92 Å². The van der Waals surface area contributed by atoms with Crippen molar-refractivity contribution in [3.05, 3.63) is 0 Å². The second kappa shape index (κ2) is 10.4. The standard InChI is InChI=1S/C18H33N3O3S/c1-4-13-7-10-21(12-14-6-5-9-19-14)16(13)17(22)20-15(8-11-25-3)18(23)24-2/h13-16,19H,4-12H2,1-3H3,(H,20,22)/t13-,14-,15-,16-/m0/s1. The van der Waals surface area contributed by atoms with Crippen LogP contribution in [0.4, 0.5) is 0 Å². The number of carbonyl (C=O) groups excluding carboxylic acids is 2. The number of hydrogen-bond acceptors (Lipinski definition) is 6. The molecule has 2 heterocycles. The van der Waals surface area contributed by atoms with Gasteiger partial charge in [-0.1, -0.05) is 13.3 Å². The predicted octanol–water partition coefficient (Wildman–Crippen LogP) is 1.25. The zero-order chi connectivity index (χ0) is 18.2. The normalized spacial score (nSPS) is 28.0. The van der Waals surface area contributed by atoms with Crippen molar-refractivity contribution < 1.29 is 14.3 Å². The molecule has 0 aromatic heterocycles. The molecule has 0 unspecified atom stereocenters. The quantitative estimate of drug-likeness (QED) is 0.595. The molecule has 0 saturated carbocycles. The van der Waals surface area contributed by atoms with Crippen molar-refractivity contribution in [2.75, 3.05) is 38.8 Å². The van der Waals surface area contributed by atoms with Crippen molar-refractivity contribution in [3.8, 4) is 0 Å². The molecule has 6 nitrogen and oxygen atoms in total. The first-order chi connectivity index (χ1) is 12.1. The van der Waals surface area contributed by atoms with E-state index in [1.807, 2.05) is 6.26 Å². The predicted molar refractivity (Wildman–Crippen MR) is 102 cm³/mol. The van der Waals surface area contributed by atoms with Crippen LogP contribution < -0.4 is 10.6 Å². The molecule has 0 aromatic rings. The summed E-state index contributed by atoms with van der Waals surface area (Å²) in [6.45, 7) is 5.10. The van der Waals surface area contributed by atoms with Crippen LogP contribution >= 0.6 is 11.8 Å². The maximum absolute atomic E-state index is 13.0. The lowest BCUT2D eigenvalue weighted by molar-refractivity contribution is -0.145. The topological polar surface area (TPSA) is 70.7 Å². The van der Waals surface area contributed by atoms with E-state index in [9.17, 15) is 9.59 Å². The van der Waals surface area contributed by atoms with Crippen molar-refractivity contribution >= 4 is 23.6 Å².